The topological polar surface area (TPSA) is 0 Å². The molecule has 0 aliphatic heterocycles. The van der Waals surface area contributed by atoms with Crippen molar-refractivity contribution < 1.29 is 0 Å². The molecule has 1 unspecified atom stereocenters. The van der Waals surface area contributed by atoms with Crippen LogP contribution in [0.3, 0.4) is 0 Å². The first kappa shape index (κ1) is 12.0. The molecule has 1 atom stereocenters. The number of hydrogen-bond donors (Lipinski definition) is 0. The summed E-state index contributed by atoms with van der Waals surface area (Å²) in [5, 5.41) is 0.456. The van der Waals surface area contributed by atoms with Gasteiger partial charge in [-0.2, -0.15) is 0 Å². The van der Waals surface area contributed by atoms with Crippen LogP contribution in [0.5, 0.6) is 0 Å². The normalized spacial score (nSPS) is 12.4. The van der Waals surface area contributed by atoms with Crippen LogP contribution < -0.4 is 0 Å². The summed E-state index contributed by atoms with van der Waals surface area (Å²) in [7, 11) is 0. The first-order chi connectivity index (χ1) is 7.70. The molecule has 0 aromatic heterocycles. The molecule has 0 saturated heterocycles. The smallest absolute Gasteiger partial charge is 0.0850 e. The molecule has 82 valence electrons. The molecule has 0 bridgehead atoms. The Morgan fingerprint density at radius 1 is 0.938 bits per heavy atom. The maximum atomic E-state index is 6.40. The molecule has 3 heteroatoms. The van der Waals surface area contributed by atoms with Gasteiger partial charge in [0, 0.05) is 4.47 Å². The van der Waals surface area contributed by atoms with Gasteiger partial charge in [-0.3, -0.25) is 0 Å². The zero-order valence-electron chi connectivity index (χ0n) is 8.33. The van der Waals surface area contributed by atoms with Crippen LogP contribution in [0.1, 0.15) is 16.5 Å². The molecule has 0 saturated carbocycles. The highest BCUT2D eigenvalue weighted by Gasteiger charge is 2.14. The van der Waals surface area contributed by atoms with Gasteiger partial charge in [-0.15, -0.1) is 11.6 Å². The van der Waals surface area contributed by atoms with E-state index in [0.717, 1.165) is 15.6 Å². The zero-order chi connectivity index (χ0) is 11.5. The molecule has 0 N–H and O–H groups in total. The summed E-state index contributed by atoms with van der Waals surface area (Å²) < 4.78 is 0.869. The van der Waals surface area contributed by atoms with E-state index in [1.165, 1.54) is 0 Å². The third kappa shape index (κ3) is 2.42. The van der Waals surface area contributed by atoms with Crippen molar-refractivity contribution in [3.05, 3.63) is 69.2 Å². The van der Waals surface area contributed by atoms with Gasteiger partial charge < -0.3 is 0 Å². The SMILES string of the molecule is Clc1c(Br)cccc1C(Cl)c1ccccc1. The van der Waals surface area contributed by atoms with Gasteiger partial charge in [0.25, 0.3) is 0 Å². The van der Waals surface area contributed by atoms with E-state index >= 15 is 0 Å². The average molecular weight is 316 g/mol. The van der Waals surface area contributed by atoms with Crippen molar-refractivity contribution in [2.24, 2.45) is 0 Å². The summed E-state index contributed by atoms with van der Waals surface area (Å²) in [4.78, 5) is 0. The maximum absolute atomic E-state index is 6.40. The van der Waals surface area contributed by atoms with Gasteiger partial charge in [-0.25, -0.2) is 0 Å². The van der Waals surface area contributed by atoms with Crippen LogP contribution in [0.15, 0.2) is 53.0 Å². The van der Waals surface area contributed by atoms with Crippen LogP contribution in [0.25, 0.3) is 0 Å². The van der Waals surface area contributed by atoms with Gasteiger partial charge >= 0.3 is 0 Å². The van der Waals surface area contributed by atoms with Gasteiger partial charge in [-0.1, -0.05) is 54.1 Å². The molecule has 2 rings (SSSR count). The Morgan fingerprint density at radius 2 is 1.62 bits per heavy atom. The van der Waals surface area contributed by atoms with Gasteiger partial charge in [0.15, 0.2) is 0 Å². The number of alkyl halides is 1. The Kier molecular flexibility index (Phi) is 3.91. The van der Waals surface area contributed by atoms with Crippen molar-refractivity contribution in [3.8, 4) is 0 Å². The van der Waals surface area contributed by atoms with Crippen LogP contribution in [0.2, 0.25) is 5.02 Å². The fraction of sp³-hybridized carbons (Fsp3) is 0.0769. The molecule has 0 radical (unpaired) electrons. The van der Waals surface area contributed by atoms with E-state index in [1.807, 2.05) is 48.5 Å². The highest BCUT2D eigenvalue weighted by molar-refractivity contribution is 9.10. The third-order valence-electron chi connectivity index (χ3n) is 2.35. The summed E-state index contributed by atoms with van der Waals surface area (Å²) in [5.41, 5.74) is 1.97. The van der Waals surface area contributed by atoms with Crippen LogP contribution >= 0.6 is 39.1 Å². The molecule has 0 nitrogen and oxygen atoms in total. The molecule has 0 aliphatic carbocycles. The van der Waals surface area contributed by atoms with E-state index in [4.69, 9.17) is 23.2 Å². The lowest BCUT2D eigenvalue weighted by atomic mass is 10.0. The maximum Gasteiger partial charge on any atom is 0.0850 e. The Bertz CT molecular complexity index is 483. The molecule has 0 fully saturated rings. The molecule has 0 amide bonds. The minimum absolute atomic E-state index is 0.216. The van der Waals surface area contributed by atoms with Crippen molar-refractivity contribution in [2.45, 2.75) is 5.38 Å². The highest BCUT2D eigenvalue weighted by atomic mass is 79.9. The standard InChI is InChI=1S/C13H9BrCl2/c14-11-8-4-7-10(13(11)16)12(15)9-5-2-1-3-6-9/h1-8,12H. The minimum atomic E-state index is -0.216. The fourth-order valence-electron chi connectivity index (χ4n) is 1.52. The molecule has 0 heterocycles. The summed E-state index contributed by atoms with van der Waals surface area (Å²) in [6.07, 6.45) is 0. The van der Waals surface area contributed by atoms with Crippen molar-refractivity contribution in [3.63, 3.8) is 0 Å². The second kappa shape index (κ2) is 5.22. The lowest BCUT2D eigenvalue weighted by molar-refractivity contribution is 1.14. The van der Waals surface area contributed by atoms with Crippen molar-refractivity contribution in [1.82, 2.24) is 0 Å². The molecule has 0 aliphatic rings. The van der Waals surface area contributed by atoms with Crippen molar-refractivity contribution in [1.29, 1.82) is 0 Å². The number of hydrogen-bond acceptors (Lipinski definition) is 0. The molecule has 0 spiro atoms. The predicted octanol–water partition coefficient (Wildman–Crippen LogP) is 5.43. The zero-order valence-corrected chi connectivity index (χ0v) is 11.4. The Hall–Kier alpha value is -0.500. The lowest BCUT2D eigenvalue weighted by Gasteiger charge is -2.12. The summed E-state index contributed by atoms with van der Waals surface area (Å²) in [6.45, 7) is 0. The Balaban J connectivity index is 2.42. The first-order valence-electron chi connectivity index (χ1n) is 4.83. The summed E-state index contributed by atoms with van der Waals surface area (Å²) in [5.74, 6) is 0. The molecule has 2 aromatic carbocycles. The monoisotopic (exact) mass is 314 g/mol. The van der Waals surface area contributed by atoms with E-state index in [-0.39, 0.29) is 5.38 Å². The van der Waals surface area contributed by atoms with Crippen LogP contribution in [-0.4, -0.2) is 0 Å². The quantitative estimate of drug-likeness (QED) is 0.648. The van der Waals surface area contributed by atoms with Gasteiger partial charge in [-0.05, 0) is 33.1 Å². The van der Waals surface area contributed by atoms with Crippen LogP contribution in [-0.2, 0) is 0 Å². The number of benzene rings is 2. The van der Waals surface area contributed by atoms with E-state index in [9.17, 15) is 0 Å². The lowest BCUT2D eigenvalue weighted by Crippen LogP contribution is -1.94. The molecule has 2 aromatic rings. The molecular formula is C13H9BrCl2. The molecule has 16 heavy (non-hydrogen) atoms. The Labute approximate surface area is 113 Å². The second-order valence-corrected chi connectivity index (χ2v) is 5.09. The number of halogens is 3. The first-order valence-corrected chi connectivity index (χ1v) is 6.44. The van der Waals surface area contributed by atoms with Gasteiger partial charge in [0.05, 0.1) is 10.4 Å². The van der Waals surface area contributed by atoms with Gasteiger partial charge in [0.1, 0.15) is 0 Å². The van der Waals surface area contributed by atoms with Crippen LogP contribution in [0, 0.1) is 0 Å². The number of rotatable bonds is 2. The van der Waals surface area contributed by atoms with Crippen LogP contribution in [0.4, 0.5) is 0 Å². The fourth-order valence-corrected chi connectivity index (χ4v) is 2.52. The van der Waals surface area contributed by atoms with E-state index in [2.05, 4.69) is 15.9 Å². The summed E-state index contributed by atoms with van der Waals surface area (Å²) >= 11 is 16.0. The van der Waals surface area contributed by atoms with Gasteiger partial charge in [0.2, 0.25) is 0 Å². The van der Waals surface area contributed by atoms with E-state index in [1.54, 1.807) is 0 Å². The minimum Gasteiger partial charge on any atom is -0.113 e. The average Bonchev–Trinajstić information content (AvgIpc) is 2.33. The van der Waals surface area contributed by atoms with Crippen molar-refractivity contribution >= 4 is 39.1 Å². The van der Waals surface area contributed by atoms with Crippen molar-refractivity contribution in [2.75, 3.05) is 0 Å². The van der Waals surface area contributed by atoms with E-state index < -0.39 is 0 Å². The second-order valence-electron chi connectivity index (χ2n) is 3.42. The summed E-state index contributed by atoms with van der Waals surface area (Å²) in [6, 6.07) is 15.7. The highest BCUT2D eigenvalue weighted by Crippen LogP contribution is 2.36. The Morgan fingerprint density at radius 3 is 2.31 bits per heavy atom. The third-order valence-corrected chi connectivity index (χ3v) is 4.14. The molecular weight excluding hydrogens is 307 g/mol. The largest absolute Gasteiger partial charge is 0.113 e. The van der Waals surface area contributed by atoms with E-state index in [0.29, 0.717) is 5.02 Å². The predicted molar refractivity (Wildman–Crippen MR) is 73.3 cm³/mol.